The van der Waals surface area contributed by atoms with Crippen LogP contribution < -0.4 is 5.32 Å². The molecule has 0 radical (unpaired) electrons. The number of aryl methyl sites for hydroxylation is 1. The molecule has 0 aliphatic carbocycles. The number of pyridine rings is 1. The Labute approximate surface area is 188 Å². The van der Waals surface area contributed by atoms with Crippen molar-refractivity contribution in [3.05, 3.63) is 65.6 Å². The summed E-state index contributed by atoms with van der Waals surface area (Å²) in [5.41, 5.74) is -0.286. The summed E-state index contributed by atoms with van der Waals surface area (Å²) in [6.07, 6.45) is -2.07. The number of carbonyl (C=O) groups excluding carboxylic acids is 3. The third-order valence-corrected chi connectivity index (χ3v) is 5.17. The fourth-order valence-corrected chi connectivity index (χ4v) is 3.70. The number of benzene rings is 1. The van der Waals surface area contributed by atoms with Gasteiger partial charge < -0.3 is 0 Å². The molecule has 10 nitrogen and oxygen atoms in total. The predicted octanol–water partition coefficient (Wildman–Crippen LogP) is 2.38. The molecule has 0 saturated heterocycles. The molecule has 1 aliphatic heterocycles. The smallest absolute Gasteiger partial charge is 0.292 e. The molecule has 1 N–H and O–H groups in total. The first-order chi connectivity index (χ1) is 16.1. The van der Waals surface area contributed by atoms with Gasteiger partial charge in [0.15, 0.2) is 11.3 Å². The Morgan fingerprint density at radius 2 is 1.65 bits per heavy atom. The number of imide groups is 1. The van der Waals surface area contributed by atoms with Gasteiger partial charge in [-0.05, 0) is 24.3 Å². The average molecular weight is 469 g/mol. The second kappa shape index (κ2) is 7.50. The highest BCUT2D eigenvalue weighted by Crippen LogP contribution is 2.35. The van der Waals surface area contributed by atoms with Crippen LogP contribution in [0.25, 0.3) is 16.8 Å². The van der Waals surface area contributed by atoms with Crippen LogP contribution in [0.5, 0.6) is 0 Å². The Kier molecular flexibility index (Phi) is 4.70. The van der Waals surface area contributed by atoms with E-state index in [1.807, 2.05) is 0 Å². The van der Waals surface area contributed by atoms with Gasteiger partial charge in [0.05, 0.1) is 11.1 Å². The van der Waals surface area contributed by atoms with Crippen molar-refractivity contribution >= 4 is 29.3 Å². The molecule has 13 heteroatoms. The number of hydrogen-bond acceptors (Lipinski definition) is 6. The van der Waals surface area contributed by atoms with Gasteiger partial charge in [0, 0.05) is 30.6 Å². The van der Waals surface area contributed by atoms with Crippen molar-refractivity contribution in [1.82, 2.24) is 29.3 Å². The minimum Gasteiger partial charge on any atom is -0.292 e. The minimum absolute atomic E-state index is 0.136. The highest BCUT2D eigenvalue weighted by atomic mass is 19.4. The lowest BCUT2D eigenvalue weighted by Gasteiger charge is -2.12. The molecule has 4 heterocycles. The molecule has 3 amide bonds. The predicted molar refractivity (Wildman–Crippen MR) is 111 cm³/mol. The normalized spacial score (nSPS) is 13.6. The van der Waals surface area contributed by atoms with Crippen LogP contribution in [-0.4, -0.2) is 53.5 Å². The second-order valence-corrected chi connectivity index (χ2v) is 7.51. The van der Waals surface area contributed by atoms with Gasteiger partial charge in [-0.25, -0.2) is 4.52 Å². The number of nitrogens with one attached hydrogen (secondary N) is 1. The number of carbonyl (C=O) groups is 3. The standard InChI is InChI=1S/C21H14F3N7O3/c1-29-9-14(17(27-29)21(22,23)24)11-6-7-15-25-20(28-31(15)8-11)26-16(32)10-30-18(33)12-4-2-3-5-13(12)19(30)34/h2-9H,10H2,1H3,(H,26,28,32). The van der Waals surface area contributed by atoms with Crippen LogP contribution in [-0.2, 0) is 18.0 Å². The fraction of sp³-hybridized carbons (Fsp3) is 0.143. The van der Waals surface area contributed by atoms with Crippen molar-refractivity contribution in [3.8, 4) is 11.1 Å². The molecule has 4 aromatic rings. The monoisotopic (exact) mass is 469 g/mol. The van der Waals surface area contributed by atoms with Crippen molar-refractivity contribution in [2.45, 2.75) is 6.18 Å². The first-order valence-corrected chi connectivity index (χ1v) is 9.84. The van der Waals surface area contributed by atoms with Crippen LogP contribution in [0.1, 0.15) is 26.4 Å². The van der Waals surface area contributed by atoms with Crippen LogP contribution in [0.4, 0.5) is 19.1 Å². The van der Waals surface area contributed by atoms with Crippen LogP contribution >= 0.6 is 0 Å². The zero-order valence-electron chi connectivity index (χ0n) is 17.4. The van der Waals surface area contributed by atoms with E-state index in [1.165, 1.54) is 48.2 Å². The van der Waals surface area contributed by atoms with Crippen LogP contribution in [0, 0.1) is 0 Å². The molecule has 0 bridgehead atoms. The van der Waals surface area contributed by atoms with E-state index in [0.29, 0.717) is 0 Å². The van der Waals surface area contributed by atoms with E-state index in [-0.39, 0.29) is 33.8 Å². The van der Waals surface area contributed by atoms with E-state index >= 15 is 0 Å². The topological polar surface area (TPSA) is 114 Å². The van der Waals surface area contributed by atoms with Gasteiger partial charge in [0.25, 0.3) is 11.8 Å². The lowest BCUT2D eigenvalue weighted by Crippen LogP contribution is -2.37. The quantitative estimate of drug-likeness (QED) is 0.459. The highest BCUT2D eigenvalue weighted by Gasteiger charge is 2.38. The summed E-state index contributed by atoms with van der Waals surface area (Å²) >= 11 is 0. The van der Waals surface area contributed by atoms with Crippen LogP contribution in [0.3, 0.4) is 0 Å². The molecule has 172 valence electrons. The van der Waals surface area contributed by atoms with Gasteiger partial charge in [0.1, 0.15) is 6.54 Å². The Morgan fingerprint density at radius 1 is 0.971 bits per heavy atom. The maximum atomic E-state index is 13.3. The van der Waals surface area contributed by atoms with Gasteiger partial charge in [-0.3, -0.25) is 29.3 Å². The van der Waals surface area contributed by atoms with Crippen LogP contribution in [0.15, 0.2) is 48.8 Å². The van der Waals surface area contributed by atoms with E-state index < -0.39 is 36.1 Å². The zero-order chi connectivity index (χ0) is 24.2. The third-order valence-electron chi connectivity index (χ3n) is 5.17. The van der Waals surface area contributed by atoms with Gasteiger partial charge in [0.2, 0.25) is 11.9 Å². The summed E-state index contributed by atoms with van der Waals surface area (Å²) in [5.74, 6) is -2.01. The molecular weight excluding hydrogens is 455 g/mol. The van der Waals surface area contributed by atoms with Gasteiger partial charge >= 0.3 is 6.18 Å². The average Bonchev–Trinajstić information content (AvgIpc) is 3.44. The summed E-state index contributed by atoms with van der Waals surface area (Å²) in [7, 11) is 1.38. The van der Waals surface area contributed by atoms with Crippen molar-refractivity contribution in [3.63, 3.8) is 0 Å². The molecule has 0 atom stereocenters. The molecule has 3 aromatic heterocycles. The maximum Gasteiger partial charge on any atom is 0.435 e. The lowest BCUT2D eigenvalue weighted by molar-refractivity contribution is -0.141. The molecule has 0 fully saturated rings. The summed E-state index contributed by atoms with van der Waals surface area (Å²) in [6.45, 7) is -0.544. The second-order valence-electron chi connectivity index (χ2n) is 7.51. The minimum atomic E-state index is -4.64. The molecule has 34 heavy (non-hydrogen) atoms. The van der Waals surface area contributed by atoms with Crippen molar-refractivity contribution in [1.29, 1.82) is 0 Å². The molecule has 1 aromatic carbocycles. The van der Waals surface area contributed by atoms with E-state index in [9.17, 15) is 27.6 Å². The summed E-state index contributed by atoms with van der Waals surface area (Å²) in [6, 6.07) is 9.11. The highest BCUT2D eigenvalue weighted by molar-refractivity contribution is 6.22. The van der Waals surface area contributed by atoms with Gasteiger partial charge in [-0.15, -0.1) is 5.10 Å². The molecule has 1 aliphatic rings. The first-order valence-electron chi connectivity index (χ1n) is 9.84. The zero-order valence-corrected chi connectivity index (χ0v) is 17.4. The Morgan fingerprint density at radius 3 is 2.29 bits per heavy atom. The summed E-state index contributed by atoms with van der Waals surface area (Å²) in [5, 5.41) is 9.96. The summed E-state index contributed by atoms with van der Waals surface area (Å²) < 4.78 is 42.2. The Balaban J connectivity index is 1.36. The van der Waals surface area contributed by atoms with E-state index in [1.54, 1.807) is 12.1 Å². The van der Waals surface area contributed by atoms with Crippen molar-refractivity contribution in [2.24, 2.45) is 7.05 Å². The van der Waals surface area contributed by atoms with E-state index in [0.717, 1.165) is 9.58 Å². The Hall–Kier alpha value is -4.55. The van der Waals surface area contributed by atoms with E-state index in [4.69, 9.17) is 0 Å². The fourth-order valence-electron chi connectivity index (χ4n) is 3.70. The molecule has 0 spiro atoms. The largest absolute Gasteiger partial charge is 0.435 e. The molecular formula is C21H14F3N7O3. The first kappa shape index (κ1) is 21.3. The van der Waals surface area contributed by atoms with E-state index in [2.05, 4.69) is 20.5 Å². The molecule has 0 saturated carbocycles. The number of amides is 3. The van der Waals surface area contributed by atoms with Gasteiger partial charge in [-0.1, -0.05) is 12.1 Å². The van der Waals surface area contributed by atoms with Gasteiger partial charge in [-0.2, -0.15) is 23.3 Å². The number of rotatable bonds is 4. The third kappa shape index (κ3) is 3.56. The molecule has 0 unspecified atom stereocenters. The number of alkyl halides is 3. The number of hydrogen-bond donors (Lipinski definition) is 1. The van der Waals surface area contributed by atoms with Crippen molar-refractivity contribution in [2.75, 3.05) is 11.9 Å². The maximum absolute atomic E-state index is 13.3. The number of aromatic nitrogens is 5. The number of halogens is 3. The lowest BCUT2D eigenvalue weighted by atomic mass is 10.1. The summed E-state index contributed by atoms with van der Waals surface area (Å²) in [4.78, 5) is 42.2. The Bertz CT molecular complexity index is 1450. The molecule has 5 rings (SSSR count). The number of anilines is 1. The number of nitrogens with zero attached hydrogens (tertiary/aromatic N) is 6. The van der Waals surface area contributed by atoms with Crippen LogP contribution in [0.2, 0.25) is 0 Å². The SMILES string of the molecule is Cn1cc(-c2ccc3nc(NC(=O)CN4C(=O)c5ccccc5C4=O)nn3c2)c(C(F)(F)F)n1. The number of fused-ring (bicyclic) bond motifs is 2. The van der Waals surface area contributed by atoms with Crippen molar-refractivity contribution < 1.29 is 27.6 Å².